The van der Waals surface area contributed by atoms with Gasteiger partial charge < -0.3 is 0 Å². The Morgan fingerprint density at radius 1 is 0.964 bits per heavy atom. The quantitative estimate of drug-likeness (QED) is 0.323. The summed E-state index contributed by atoms with van der Waals surface area (Å²) >= 11 is 0. The predicted molar refractivity (Wildman–Crippen MR) is 128 cm³/mol. The number of benzene rings is 2. The third-order valence-corrected chi connectivity index (χ3v) is 4.48. The highest BCUT2D eigenvalue weighted by Gasteiger charge is 2.10. The average Bonchev–Trinajstić information content (AvgIpc) is 2.70. The minimum absolute atomic E-state index is 0. The molecule has 0 N–H and O–H groups in total. The van der Waals surface area contributed by atoms with E-state index in [-0.39, 0.29) is 29.9 Å². The monoisotopic (exact) mass is 485 g/mol. The summed E-state index contributed by atoms with van der Waals surface area (Å²) in [5.74, 6) is -0.000200. The number of fused-ring (bicyclic) bond motifs is 1. The number of amides is 1. The average molecular weight is 485 g/mol. The summed E-state index contributed by atoms with van der Waals surface area (Å²) in [5, 5.41) is 1.25. The van der Waals surface area contributed by atoms with Gasteiger partial charge in [0.05, 0.1) is 0 Å². The number of rotatable bonds is 6. The molecule has 2 aromatic carbocycles. The lowest BCUT2D eigenvalue weighted by Crippen LogP contribution is -2.36. The number of hydrogen-bond acceptors (Lipinski definition) is 1. The maximum atomic E-state index is 11.9. The van der Waals surface area contributed by atoms with Gasteiger partial charge in [-0.2, -0.15) is 4.57 Å². The zero-order chi connectivity index (χ0) is 19.1. The Labute approximate surface area is 184 Å². The van der Waals surface area contributed by atoms with Crippen molar-refractivity contribution in [2.24, 2.45) is 0 Å². The number of pyridine rings is 1. The van der Waals surface area contributed by atoms with E-state index in [1.54, 1.807) is 11.8 Å². The molecule has 0 saturated heterocycles. The van der Waals surface area contributed by atoms with E-state index >= 15 is 0 Å². The molecule has 1 heterocycles. The van der Waals surface area contributed by atoms with Crippen LogP contribution in [-0.4, -0.2) is 5.91 Å². The van der Waals surface area contributed by atoms with Crippen molar-refractivity contribution in [3.63, 3.8) is 0 Å². The van der Waals surface area contributed by atoms with E-state index in [2.05, 4.69) is 60.0 Å². The van der Waals surface area contributed by atoms with E-state index in [1.165, 1.54) is 16.6 Å². The van der Waals surface area contributed by atoms with Crippen LogP contribution in [0.1, 0.15) is 26.0 Å². The van der Waals surface area contributed by atoms with Gasteiger partial charge >= 0.3 is 0 Å². The first-order valence-corrected chi connectivity index (χ1v) is 9.30. The van der Waals surface area contributed by atoms with Crippen molar-refractivity contribution in [3.05, 3.63) is 90.8 Å². The smallest absolute Gasteiger partial charge is 0.227 e. The molecule has 3 aromatic rings. The maximum Gasteiger partial charge on any atom is 0.227 e. The van der Waals surface area contributed by atoms with Crippen molar-refractivity contribution < 1.29 is 9.36 Å². The van der Waals surface area contributed by atoms with E-state index < -0.39 is 0 Å². The van der Waals surface area contributed by atoms with Crippen LogP contribution in [0.15, 0.2) is 85.1 Å². The fraction of sp³-hybridized carbons (Fsp3) is 0.167. The summed E-state index contributed by atoms with van der Waals surface area (Å²) in [7, 11) is 0. The summed E-state index contributed by atoms with van der Waals surface area (Å²) in [4.78, 5) is 13.6. The van der Waals surface area contributed by atoms with Crippen LogP contribution in [0, 0.1) is 0 Å². The fourth-order valence-electron chi connectivity index (χ4n) is 3.17. The number of nitrogens with zero attached hydrogens (tertiary/aromatic N) is 2. The normalized spacial score (nSPS) is 11.1. The number of hydrogen-bond donors (Lipinski definition) is 0. The molecule has 0 fully saturated rings. The van der Waals surface area contributed by atoms with Gasteiger partial charge in [0.15, 0.2) is 0 Å². The molecule has 0 aliphatic carbocycles. The predicted octanol–water partition coefficient (Wildman–Crippen LogP) is 5.74. The molecule has 0 atom stereocenters. The molecule has 0 aliphatic heterocycles. The van der Waals surface area contributed by atoms with Crippen molar-refractivity contribution in [2.45, 2.75) is 26.8 Å². The first kappa shape index (κ1) is 21.8. The SMILES string of the molecule is CC[n+]1c(/C=C/C/C=C/N(C(C)=O)c2ccccc2)ccc2ccccc21.I. The van der Waals surface area contributed by atoms with Crippen molar-refractivity contribution in [2.75, 3.05) is 4.90 Å². The topological polar surface area (TPSA) is 24.2 Å². The van der Waals surface area contributed by atoms with E-state index in [0.717, 1.165) is 18.7 Å². The second-order valence-corrected chi connectivity index (χ2v) is 6.31. The van der Waals surface area contributed by atoms with Crippen LogP contribution >= 0.6 is 24.0 Å². The van der Waals surface area contributed by atoms with Gasteiger partial charge in [-0.05, 0) is 37.6 Å². The molecule has 1 amide bonds. The second-order valence-electron chi connectivity index (χ2n) is 6.31. The van der Waals surface area contributed by atoms with E-state index in [4.69, 9.17) is 0 Å². The standard InChI is InChI=1S/C24H25N2O.HI/c1-3-25-23(18-17-21-12-9-10-16-24(21)25)15-8-5-11-19-26(20(2)27)22-13-6-4-7-14-22;/h4,6-19H,3,5H2,1-2H3;1H/q+1;/b15-8+,19-11+;. The first-order valence-electron chi connectivity index (χ1n) is 9.30. The largest absolute Gasteiger partial charge is 0.288 e. The highest BCUT2D eigenvalue weighted by molar-refractivity contribution is 14.0. The van der Waals surface area contributed by atoms with Crippen LogP contribution < -0.4 is 9.47 Å². The highest BCUT2D eigenvalue weighted by Crippen LogP contribution is 2.14. The van der Waals surface area contributed by atoms with Crippen LogP contribution in [0.5, 0.6) is 0 Å². The molecule has 28 heavy (non-hydrogen) atoms. The molecular formula is C24H26IN2O+. The van der Waals surface area contributed by atoms with Gasteiger partial charge in [-0.25, -0.2) is 0 Å². The van der Waals surface area contributed by atoms with Gasteiger partial charge in [-0.3, -0.25) is 9.69 Å². The Balaban J connectivity index is 0.00000280. The Hall–Kier alpha value is -2.47. The van der Waals surface area contributed by atoms with Crippen LogP contribution in [-0.2, 0) is 11.3 Å². The third-order valence-electron chi connectivity index (χ3n) is 4.48. The number of carbonyl (C=O) groups excluding carboxylic acids is 1. The van der Waals surface area contributed by atoms with Gasteiger partial charge in [-0.15, -0.1) is 24.0 Å². The molecule has 0 unspecified atom stereocenters. The lowest BCUT2D eigenvalue weighted by molar-refractivity contribution is -0.669. The van der Waals surface area contributed by atoms with Gasteiger partial charge in [0.25, 0.3) is 0 Å². The highest BCUT2D eigenvalue weighted by atomic mass is 127. The maximum absolute atomic E-state index is 11.9. The molecule has 0 radical (unpaired) electrons. The van der Waals surface area contributed by atoms with Gasteiger partial charge in [0.2, 0.25) is 17.1 Å². The summed E-state index contributed by atoms with van der Waals surface area (Å²) in [5.41, 5.74) is 3.30. The van der Waals surface area contributed by atoms with Gasteiger partial charge in [0.1, 0.15) is 6.54 Å². The summed E-state index contributed by atoms with van der Waals surface area (Å²) in [6.07, 6.45) is 8.86. The number of halogens is 1. The molecule has 0 saturated carbocycles. The Bertz CT molecular complexity index is 980. The fourth-order valence-corrected chi connectivity index (χ4v) is 3.17. The molecule has 0 aliphatic rings. The lowest BCUT2D eigenvalue weighted by atomic mass is 10.1. The number of aryl methyl sites for hydroxylation is 1. The summed E-state index contributed by atoms with van der Waals surface area (Å²) < 4.78 is 2.31. The van der Waals surface area contributed by atoms with Crippen molar-refractivity contribution >= 4 is 52.6 Å². The second kappa shape index (κ2) is 10.8. The van der Waals surface area contributed by atoms with Crippen LogP contribution in [0.3, 0.4) is 0 Å². The van der Waals surface area contributed by atoms with Crippen LogP contribution in [0.2, 0.25) is 0 Å². The van der Waals surface area contributed by atoms with Crippen molar-refractivity contribution in [1.82, 2.24) is 0 Å². The molecule has 4 heteroatoms. The zero-order valence-corrected chi connectivity index (χ0v) is 18.6. The zero-order valence-electron chi connectivity index (χ0n) is 16.3. The number of para-hydroxylation sites is 2. The lowest BCUT2D eigenvalue weighted by Gasteiger charge is -2.15. The van der Waals surface area contributed by atoms with Gasteiger partial charge in [-0.1, -0.05) is 42.5 Å². The van der Waals surface area contributed by atoms with E-state index in [1.807, 2.05) is 42.6 Å². The van der Waals surface area contributed by atoms with Crippen LogP contribution in [0.25, 0.3) is 17.0 Å². The first-order chi connectivity index (χ1) is 13.2. The minimum atomic E-state index is -0.000200. The molecule has 0 bridgehead atoms. The molecule has 3 nitrogen and oxygen atoms in total. The van der Waals surface area contributed by atoms with E-state index in [0.29, 0.717) is 0 Å². The number of carbonyl (C=O) groups is 1. The number of anilines is 1. The Kier molecular flexibility index (Phi) is 8.39. The molecular weight excluding hydrogens is 459 g/mol. The summed E-state index contributed by atoms with van der Waals surface area (Å²) in [6, 6.07) is 22.4. The van der Waals surface area contributed by atoms with Crippen molar-refractivity contribution in [1.29, 1.82) is 0 Å². The number of aromatic nitrogens is 1. The number of allylic oxidation sites excluding steroid dienone is 2. The van der Waals surface area contributed by atoms with E-state index in [9.17, 15) is 4.79 Å². The van der Waals surface area contributed by atoms with Crippen LogP contribution in [0.4, 0.5) is 5.69 Å². The Morgan fingerprint density at radius 2 is 1.68 bits per heavy atom. The Morgan fingerprint density at radius 3 is 2.39 bits per heavy atom. The minimum Gasteiger partial charge on any atom is -0.288 e. The third kappa shape index (κ3) is 5.29. The summed E-state index contributed by atoms with van der Waals surface area (Å²) in [6.45, 7) is 4.66. The van der Waals surface area contributed by atoms with Crippen molar-refractivity contribution in [3.8, 4) is 0 Å². The van der Waals surface area contributed by atoms with Gasteiger partial charge in [0, 0.05) is 42.4 Å². The molecule has 1 aromatic heterocycles. The molecule has 3 rings (SSSR count). The molecule has 0 spiro atoms. The molecule has 144 valence electrons.